The van der Waals surface area contributed by atoms with E-state index in [-0.39, 0.29) is 30.9 Å². The van der Waals surface area contributed by atoms with Crippen molar-refractivity contribution in [3.8, 4) is 5.82 Å². The highest BCUT2D eigenvalue weighted by Crippen LogP contribution is 2.39. The summed E-state index contributed by atoms with van der Waals surface area (Å²) in [5.74, 6) is -0.0904. The van der Waals surface area contributed by atoms with Gasteiger partial charge in [-0.1, -0.05) is 6.07 Å². The van der Waals surface area contributed by atoms with Crippen LogP contribution >= 0.6 is 0 Å². The molecule has 10 heteroatoms. The maximum Gasteiger partial charge on any atom is 0.417 e. The monoisotopic (exact) mass is 462 g/mol. The zero-order valence-corrected chi connectivity index (χ0v) is 17.8. The van der Waals surface area contributed by atoms with Gasteiger partial charge in [0.15, 0.2) is 17.3 Å². The van der Waals surface area contributed by atoms with Crippen LogP contribution in [0.5, 0.6) is 0 Å². The van der Waals surface area contributed by atoms with Crippen LogP contribution in [0.2, 0.25) is 0 Å². The van der Waals surface area contributed by atoms with Crippen LogP contribution in [0.1, 0.15) is 58.6 Å². The lowest BCUT2D eigenvalue weighted by atomic mass is 9.82. The van der Waals surface area contributed by atoms with E-state index in [2.05, 4.69) is 15.1 Å². The Hall–Kier alpha value is -3.14. The molecule has 174 valence electrons. The van der Waals surface area contributed by atoms with Gasteiger partial charge < -0.3 is 5.11 Å². The van der Waals surface area contributed by atoms with Crippen molar-refractivity contribution in [1.29, 1.82) is 0 Å². The number of rotatable bonds is 5. The normalized spacial score (nSPS) is 21.2. The number of Topliss-reactive ketones (excluding diaryl/α,β-unsaturated/α-hetero) is 1. The molecule has 0 atom stereocenters. The minimum Gasteiger partial charge on any atom is -0.393 e. The van der Waals surface area contributed by atoms with E-state index in [1.807, 2.05) is 0 Å². The quantitative estimate of drug-likeness (QED) is 0.446. The molecule has 1 saturated carbocycles. The number of aromatic nitrogens is 4. The molecule has 4 rings (SSSR count). The summed E-state index contributed by atoms with van der Waals surface area (Å²) in [4.78, 5) is 20.8. The molecule has 1 aliphatic rings. The molecule has 6 nitrogen and oxygen atoms in total. The second-order valence-corrected chi connectivity index (χ2v) is 8.31. The predicted octanol–water partition coefficient (Wildman–Crippen LogP) is 4.51. The summed E-state index contributed by atoms with van der Waals surface area (Å²) in [6.45, 7) is 1.63. The number of hydrogen-bond acceptors (Lipinski definition) is 5. The lowest BCUT2D eigenvalue weighted by molar-refractivity contribution is -0.137. The van der Waals surface area contributed by atoms with Gasteiger partial charge in [-0.05, 0) is 56.4 Å². The molecule has 0 spiro atoms. The van der Waals surface area contributed by atoms with Gasteiger partial charge in [0.1, 0.15) is 0 Å². The number of hydrogen-bond donors (Lipinski definition) is 1. The third-order valence-electron chi connectivity index (χ3n) is 6.00. The third-order valence-corrected chi connectivity index (χ3v) is 6.00. The Kier molecular flexibility index (Phi) is 6.04. The van der Waals surface area contributed by atoms with Crippen LogP contribution in [0.25, 0.3) is 5.82 Å². The van der Waals surface area contributed by atoms with Crippen LogP contribution < -0.4 is 0 Å². The van der Waals surface area contributed by atoms with Crippen molar-refractivity contribution in [3.05, 3.63) is 70.9 Å². The first-order chi connectivity index (χ1) is 15.6. The SMILES string of the molecule is Cc1c(C(=O)Cc2ccc(C3(F)CCC(O)CC3)nc2)cnn1-c1ccc(C(F)(F)F)cn1. The van der Waals surface area contributed by atoms with E-state index in [1.54, 1.807) is 19.1 Å². The molecule has 3 heterocycles. The smallest absolute Gasteiger partial charge is 0.393 e. The van der Waals surface area contributed by atoms with Gasteiger partial charge in [0.05, 0.1) is 34.8 Å². The van der Waals surface area contributed by atoms with Crippen LogP contribution in [0.4, 0.5) is 17.6 Å². The fourth-order valence-corrected chi connectivity index (χ4v) is 3.98. The Morgan fingerprint density at radius 2 is 1.85 bits per heavy atom. The van der Waals surface area contributed by atoms with E-state index in [9.17, 15) is 23.1 Å². The molecule has 33 heavy (non-hydrogen) atoms. The molecular weight excluding hydrogens is 440 g/mol. The highest BCUT2D eigenvalue weighted by molar-refractivity contribution is 5.98. The topological polar surface area (TPSA) is 80.9 Å². The highest BCUT2D eigenvalue weighted by Gasteiger charge is 2.37. The molecule has 1 fully saturated rings. The van der Waals surface area contributed by atoms with E-state index in [0.29, 0.717) is 35.4 Å². The number of carbonyl (C=O) groups is 1. The molecule has 1 N–H and O–H groups in total. The Balaban J connectivity index is 1.47. The van der Waals surface area contributed by atoms with Crippen molar-refractivity contribution in [2.75, 3.05) is 0 Å². The van der Waals surface area contributed by atoms with Crippen molar-refractivity contribution in [2.45, 2.75) is 57.0 Å². The van der Waals surface area contributed by atoms with Crippen molar-refractivity contribution in [3.63, 3.8) is 0 Å². The summed E-state index contributed by atoms with van der Waals surface area (Å²) in [6.07, 6.45) is -0.243. The lowest BCUT2D eigenvalue weighted by Crippen LogP contribution is -2.30. The van der Waals surface area contributed by atoms with Gasteiger partial charge in [0.25, 0.3) is 0 Å². The fourth-order valence-electron chi connectivity index (χ4n) is 3.98. The second kappa shape index (κ2) is 8.66. The van der Waals surface area contributed by atoms with Crippen molar-refractivity contribution in [2.24, 2.45) is 0 Å². The zero-order valence-electron chi connectivity index (χ0n) is 17.8. The number of carbonyl (C=O) groups excluding carboxylic acids is 1. The maximum absolute atomic E-state index is 15.1. The molecule has 1 aliphatic carbocycles. The van der Waals surface area contributed by atoms with Gasteiger partial charge in [0.2, 0.25) is 0 Å². The third kappa shape index (κ3) is 4.80. The molecule has 0 amide bonds. The maximum atomic E-state index is 15.1. The highest BCUT2D eigenvalue weighted by atomic mass is 19.4. The molecule has 3 aromatic heterocycles. The number of aliphatic hydroxyl groups is 1. The molecule has 0 bridgehead atoms. The number of aliphatic hydroxyl groups excluding tert-OH is 1. The van der Waals surface area contributed by atoms with Crippen LogP contribution in [-0.4, -0.2) is 36.7 Å². The molecule has 0 radical (unpaired) electrons. The van der Waals surface area contributed by atoms with Crippen molar-refractivity contribution in [1.82, 2.24) is 19.7 Å². The van der Waals surface area contributed by atoms with Crippen molar-refractivity contribution >= 4 is 5.78 Å². The number of pyridine rings is 2. The van der Waals surface area contributed by atoms with Gasteiger partial charge in [-0.15, -0.1) is 0 Å². The van der Waals surface area contributed by atoms with Crippen LogP contribution in [0, 0.1) is 6.92 Å². The summed E-state index contributed by atoms with van der Waals surface area (Å²) < 4.78 is 54.7. The van der Waals surface area contributed by atoms with Crippen LogP contribution in [0.15, 0.2) is 42.9 Å². The second-order valence-electron chi connectivity index (χ2n) is 8.31. The van der Waals surface area contributed by atoms with Gasteiger partial charge >= 0.3 is 6.18 Å². The molecule has 0 aliphatic heterocycles. The molecular formula is C23H22F4N4O2. The van der Waals surface area contributed by atoms with Crippen LogP contribution in [0.3, 0.4) is 0 Å². The number of alkyl halides is 4. The van der Waals surface area contributed by atoms with Gasteiger partial charge in [0, 0.05) is 18.8 Å². The first-order valence-electron chi connectivity index (χ1n) is 10.5. The lowest BCUT2D eigenvalue weighted by Gasteiger charge is -2.31. The molecule has 3 aromatic rings. The Morgan fingerprint density at radius 1 is 1.12 bits per heavy atom. The summed E-state index contributed by atoms with van der Waals surface area (Å²) in [7, 11) is 0. The average Bonchev–Trinajstić information content (AvgIpc) is 3.17. The minimum absolute atomic E-state index is 0.0122. The summed E-state index contributed by atoms with van der Waals surface area (Å²) >= 11 is 0. The summed E-state index contributed by atoms with van der Waals surface area (Å²) in [5, 5.41) is 13.7. The van der Waals surface area contributed by atoms with Gasteiger partial charge in [-0.2, -0.15) is 18.3 Å². The number of nitrogens with zero attached hydrogens (tertiary/aromatic N) is 4. The Morgan fingerprint density at radius 3 is 2.42 bits per heavy atom. The van der Waals surface area contributed by atoms with E-state index >= 15 is 4.39 Å². The number of ketones is 1. The molecule has 0 unspecified atom stereocenters. The number of halogens is 4. The minimum atomic E-state index is -4.49. The summed E-state index contributed by atoms with van der Waals surface area (Å²) in [6, 6.07) is 5.33. The molecule has 0 aromatic carbocycles. The predicted molar refractivity (Wildman–Crippen MR) is 111 cm³/mol. The molecule has 0 saturated heterocycles. The zero-order chi connectivity index (χ0) is 23.8. The standard InChI is InChI=1S/C23H22F4N4O2/c1-14-18(13-30-31(14)21-5-3-16(12-29-21)23(25,26)27)19(33)10-15-2-4-20(28-11-15)22(24)8-6-17(32)7-9-22/h2-5,11-13,17,32H,6-10H2,1H3. The van der Waals surface area contributed by atoms with Gasteiger partial charge in [-0.25, -0.2) is 14.1 Å². The van der Waals surface area contributed by atoms with E-state index in [1.165, 1.54) is 23.1 Å². The first-order valence-corrected chi connectivity index (χ1v) is 10.5. The van der Waals surface area contributed by atoms with Crippen LogP contribution in [-0.2, 0) is 18.3 Å². The Labute approximate surface area is 187 Å². The largest absolute Gasteiger partial charge is 0.417 e. The van der Waals surface area contributed by atoms with E-state index < -0.39 is 23.5 Å². The first kappa shape index (κ1) is 23.0. The average molecular weight is 462 g/mol. The Bertz CT molecular complexity index is 1130. The van der Waals surface area contributed by atoms with E-state index in [4.69, 9.17) is 0 Å². The van der Waals surface area contributed by atoms with Gasteiger partial charge in [-0.3, -0.25) is 9.78 Å². The summed E-state index contributed by atoms with van der Waals surface area (Å²) in [5.41, 5.74) is -0.799. The fraction of sp³-hybridized carbons (Fsp3) is 0.391. The van der Waals surface area contributed by atoms with Crippen molar-refractivity contribution < 1.29 is 27.5 Å². The van der Waals surface area contributed by atoms with E-state index in [0.717, 1.165) is 12.3 Å².